The molecule has 0 aliphatic heterocycles. The maximum absolute atomic E-state index is 11.2. The number of carbonyl (C=O) groups excluding carboxylic acids is 1. The Morgan fingerprint density at radius 3 is 2.62 bits per heavy atom. The number of amides is 1. The second-order valence-electron chi connectivity index (χ2n) is 2.92. The van der Waals surface area contributed by atoms with E-state index in [-0.39, 0.29) is 5.91 Å². The molecule has 0 aliphatic rings. The summed E-state index contributed by atoms with van der Waals surface area (Å²) in [6.45, 7) is 6.11. The van der Waals surface area contributed by atoms with Crippen molar-refractivity contribution in [1.29, 1.82) is 0 Å². The number of aromatic nitrogens is 1. The summed E-state index contributed by atoms with van der Waals surface area (Å²) < 4.78 is 0. The molecule has 0 spiro atoms. The van der Waals surface area contributed by atoms with E-state index in [1.807, 2.05) is 26.0 Å². The third-order valence-corrected chi connectivity index (χ3v) is 1.90. The Bertz CT molecular complexity index is 292. The van der Waals surface area contributed by atoms with Crippen molar-refractivity contribution < 1.29 is 4.79 Å². The molecule has 0 N–H and O–H groups in total. The van der Waals surface area contributed by atoms with Gasteiger partial charge >= 0.3 is 0 Å². The molecule has 0 radical (unpaired) electrons. The van der Waals surface area contributed by atoms with E-state index in [0.717, 1.165) is 11.4 Å². The minimum absolute atomic E-state index is 0.0492. The molecular weight excluding hydrogens is 164 g/mol. The van der Waals surface area contributed by atoms with E-state index in [4.69, 9.17) is 0 Å². The molecule has 1 heterocycles. The molecule has 1 rings (SSSR count). The lowest BCUT2D eigenvalue weighted by atomic mass is 10.3. The van der Waals surface area contributed by atoms with Gasteiger partial charge in [-0.15, -0.1) is 0 Å². The molecule has 0 saturated heterocycles. The lowest BCUT2D eigenvalue weighted by molar-refractivity contribution is -0.116. The van der Waals surface area contributed by atoms with Crippen molar-refractivity contribution >= 4 is 11.6 Å². The first kappa shape index (κ1) is 9.71. The van der Waals surface area contributed by atoms with Crippen molar-refractivity contribution in [3.05, 3.63) is 24.0 Å². The van der Waals surface area contributed by atoms with Crippen LogP contribution in [0, 0.1) is 6.92 Å². The molecule has 0 saturated carbocycles. The van der Waals surface area contributed by atoms with Gasteiger partial charge in [0.05, 0.1) is 11.9 Å². The van der Waals surface area contributed by atoms with Gasteiger partial charge in [0.2, 0.25) is 5.91 Å². The molecular formula is C10H14N2O. The fraction of sp³-hybridized carbons (Fsp3) is 0.400. The van der Waals surface area contributed by atoms with Crippen LogP contribution in [0.15, 0.2) is 18.3 Å². The van der Waals surface area contributed by atoms with Gasteiger partial charge in [0.1, 0.15) is 0 Å². The lowest BCUT2D eigenvalue weighted by Crippen LogP contribution is -2.27. The molecule has 3 heteroatoms. The minimum atomic E-state index is 0.0492. The van der Waals surface area contributed by atoms with E-state index in [9.17, 15) is 4.79 Å². The number of anilines is 1. The van der Waals surface area contributed by atoms with Crippen LogP contribution in [0.5, 0.6) is 0 Å². The normalized spacial score (nSPS) is 9.77. The summed E-state index contributed by atoms with van der Waals surface area (Å²) in [5.41, 5.74) is 1.82. The number of carbonyl (C=O) groups is 1. The van der Waals surface area contributed by atoms with Crippen molar-refractivity contribution in [2.45, 2.75) is 20.8 Å². The monoisotopic (exact) mass is 178 g/mol. The zero-order valence-electron chi connectivity index (χ0n) is 8.24. The second kappa shape index (κ2) is 4.03. The van der Waals surface area contributed by atoms with Gasteiger partial charge in [0.25, 0.3) is 0 Å². The summed E-state index contributed by atoms with van der Waals surface area (Å²) in [7, 11) is 0. The smallest absolute Gasteiger partial charge is 0.223 e. The highest BCUT2D eigenvalue weighted by atomic mass is 16.2. The topological polar surface area (TPSA) is 33.2 Å². The van der Waals surface area contributed by atoms with Crippen molar-refractivity contribution in [3.8, 4) is 0 Å². The van der Waals surface area contributed by atoms with E-state index < -0.39 is 0 Å². The predicted molar refractivity (Wildman–Crippen MR) is 52.7 cm³/mol. The minimum Gasteiger partial charge on any atom is -0.311 e. The zero-order valence-corrected chi connectivity index (χ0v) is 8.24. The largest absolute Gasteiger partial charge is 0.311 e. The van der Waals surface area contributed by atoms with E-state index >= 15 is 0 Å². The second-order valence-corrected chi connectivity index (χ2v) is 2.92. The maximum atomic E-state index is 11.2. The van der Waals surface area contributed by atoms with E-state index in [1.165, 1.54) is 0 Å². The molecule has 0 bridgehead atoms. The molecule has 70 valence electrons. The van der Waals surface area contributed by atoms with Gasteiger partial charge in [0, 0.05) is 19.2 Å². The van der Waals surface area contributed by atoms with Crippen LogP contribution in [0.3, 0.4) is 0 Å². The standard InChI is InChI=1S/C10H14N2O/c1-4-12(9(3)13)10-6-5-8(2)11-7-10/h5-7H,4H2,1-3H3. The molecule has 0 fully saturated rings. The van der Waals surface area contributed by atoms with Crippen LogP contribution in [0.25, 0.3) is 0 Å². The Morgan fingerprint density at radius 2 is 2.23 bits per heavy atom. The maximum Gasteiger partial charge on any atom is 0.223 e. The fourth-order valence-corrected chi connectivity index (χ4v) is 1.21. The molecule has 13 heavy (non-hydrogen) atoms. The third-order valence-electron chi connectivity index (χ3n) is 1.90. The van der Waals surface area contributed by atoms with Gasteiger partial charge in [-0.2, -0.15) is 0 Å². The number of hydrogen-bond acceptors (Lipinski definition) is 2. The Balaban J connectivity index is 2.92. The Kier molecular flexibility index (Phi) is 3.01. The fourth-order valence-electron chi connectivity index (χ4n) is 1.21. The number of rotatable bonds is 2. The lowest BCUT2D eigenvalue weighted by Gasteiger charge is -2.18. The van der Waals surface area contributed by atoms with Crippen LogP contribution in [0.2, 0.25) is 0 Å². The average Bonchev–Trinajstić information content (AvgIpc) is 2.09. The van der Waals surface area contributed by atoms with Crippen molar-refractivity contribution in [1.82, 2.24) is 4.98 Å². The summed E-state index contributed by atoms with van der Waals surface area (Å²) >= 11 is 0. The highest BCUT2D eigenvalue weighted by Gasteiger charge is 2.07. The van der Waals surface area contributed by atoms with Gasteiger partial charge < -0.3 is 4.90 Å². The Morgan fingerprint density at radius 1 is 1.54 bits per heavy atom. The van der Waals surface area contributed by atoms with E-state index in [0.29, 0.717) is 6.54 Å². The highest BCUT2D eigenvalue weighted by Crippen LogP contribution is 2.12. The van der Waals surface area contributed by atoms with Crippen LogP contribution >= 0.6 is 0 Å². The Labute approximate surface area is 78.4 Å². The molecule has 0 atom stereocenters. The third kappa shape index (κ3) is 2.28. The average molecular weight is 178 g/mol. The molecule has 1 aromatic rings. The number of nitrogens with zero attached hydrogens (tertiary/aromatic N) is 2. The molecule has 0 unspecified atom stereocenters. The molecule has 0 aromatic carbocycles. The van der Waals surface area contributed by atoms with Gasteiger partial charge in [-0.05, 0) is 26.0 Å². The van der Waals surface area contributed by atoms with Crippen LogP contribution in [-0.2, 0) is 4.79 Å². The first-order valence-corrected chi connectivity index (χ1v) is 4.36. The first-order valence-electron chi connectivity index (χ1n) is 4.36. The van der Waals surface area contributed by atoms with Crippen LogP contribution < -0.4 is 4.90 Å². The number of aryl methyl sites for hydroxylation is 1. The van der Waals surface area contributed by atoms with Gasteiger partial charge in [-0.1, -0.05) is 0 Å². The predicted octanol–water partition coefficient (Wildman–Crippen LogP) is 1.76. The van der Waals surface area contributed by atoms with Crippen LogP contribution in [-0.4, -0.2) is 17.4 Å². The zero-order chi connectivity index (χ0) is 9.84. The summed E-state index contributed by atoms with van der Waals surface area (Å²) in [5, 5.41) is 0. The quantitative estimate of drug-likeness (QED) is 0.691. The molecule has 1 amide bonds. The summed E-state index contributed by atoms with van der Waals surface area (Å²) in [6, 6.07) is 3.81. The summed E-state index contributed by atoms with van der Waals surface area (Å²) in [5.74, 6) is 0.0492. The highest BCUT2D eigenvalue weighted by molar-refractivity contribution is 5.91. The van der Waals surface area contributed by atoms with Gasteiger partial charge in [-0.3, -0.25) is 9.78 Å². The number of hydrogen-bond donors (Lipinski definition) is 0. The van der Waals surface area contributed by atoms with Gasteiger partial charge in [-0.25, -0.2) is 0 Å². The number of pyridine rings is 1. The summed E-state index contributed by atoms with van der Waals surface area (Å²) in [6.07, 6.45) is 1.72. The van der Waals surface area contributed by atoms with E-state index in [1.54, 1.807) is 18.0 Å². The van der Waals surface area contributed by atoms with E-state index in [2.05, 4.69) is 4.98 Å². The Hall–Kier alpha value is -1.38. The van der Waals surface area contributed by atoms with Crippen molar-refractivity contribution in [2.24, 2.45) is 0 Å². The molecule has 0 aliphatic carbocycles. The summed E-state index contributed by atoms with van der Waals surface area (Å²) in [4.78, 5) is 17.0. The molecule has 1 aromatic heterocycles. The van der Waals surface area contributed by atoms with Crippen molar-refractivity contribution in [2.75, 3.05) is 11.4 Å². The van der Waals surface area contributed by atoms with Crippen molar-refractivity contribution in [3.63, 3.8) is 0 Å². The van der Waals surface area contributed by atoms with Crippen LogP contribution in [0.1, 0.15) is 19.5 Å². The molecule has 3 nitrogen and oxygen atoms in total. The van der Waals surface area contributed by atoms with Crippen LogP contribution in [0.4, 0.5) is 5.69 Å². The SMILES string of the molecule is CCN(C(C)=O)c1ccc(C)nc1. The first-order chi connectivity index (χ1) is 6.15. The van der Waals surface area contributed by atoms with Gasteiger partial charge in [0.15, 0.2) is 0 Å².